The Balaban J connectivity index is 1.75. The number of aromatic nitrogens is 1. The lowest BCUT2D eigenvalue weighted by atomic mass is 10.2. The number of nitrogens with one attached hydrogen (secondary N) is 2. The third-order valence-corrected chi connectivity index (χ3v) is 3.94. The van der Waals surface area contributed by atoms with E-state index in [1.165, 1.54) is 0 Å². The molecule has 0 aliphatic carbocycles. The second kappa shape index (κ2) is 7.81. The average Bonchev–Trinajstić information content (AvgIpc) is 2.62. The van der Waals surface area contributed by atoms with Crippen molar-refractivity contribution in [3.05, 3.63) is 76.9 Å². The number of ether oxygens (including phenoxy) is 1. The Morgan fingerprint density at radius 1 is 1.04 bits per heavy atom. The quantitative estimate of drug-likeness (QED) is 0.645. The number of carbonyl (C=O) groups excluding carboxylic acids is 1. The highest BCUT2D eigenvalue weighted by Gasteiger charge is 2.08. The minimum Gasteiger partial charge on any atom is -0.497 e. The molecule has 25 heavy (non-hydrogen) atoms. The molecule has 3 aromatic rings. The van der Waals surface area contributed by atoms with Gasteiger partial charge in [-0.3, -0.25) is 4.79 Å². The van der Waals surface area contributed by atoms with Crippen LogP contribution >= 0.6 is 15.9 Å². The van der Waals surface area contributed by atoms with E-state index in [-0.39, 0.29) is 5.91 Å². The molecule has 2 N–H and O–H groups in total. The summed E-state index contributed by atoms with van der Waals surface area (Å²) < 4.78 is 6.11. The molecule has 1 heterocycles. The van der Waals surface area contributed by atoms with E-state index in [9.17, 15) is 4.79 Å². The fourth-order valence-corrected chi connectivity index (χ4v) is 2.66. The van der Waals surface area contributed by atoms with Crippen LogP contribution in [-0.4, -0.2) is 18.0 Å². The largest absolute Gasteiger partial charge is 0.497 e. The topological polar surface area (TPSA) is 63.2 Å². The fraction of sp³-hybridized carbons (Fsp3) is 0.0526. The molecule has 0 saturated heterocycles. The van der Waals surface area contributed by atoms with Crippen molar-refractivity contribution < 1.29 is 9.53 Å². The predicted octanol–water partition coefficient (Wildman–Crippen LogP) is 4.85. The zero-order valence-corrected chi connectivity index (χ0v) is 15.1. The number of carbonyl (C=O) groups is 1. The Morgan fingerprint density at radius 2 is 1.84 bits per heavy atom. The zero-order valence-electron chi connectivity index (χ0n) is 13.5. The van der Waals surface area contributed by atoms with Crippen LogP contribution in [0.15, 0.2) is 71.3 Å². The number of pyridine rings is 1. The molecule has 0 saturated carbocycles. The lowest BCUT2D eigenvalue weighted by Crippen LogP contribution is -2.12. The third-order valence-electron chi connectivity index (χ3n) is 3.45. The first-order chi connectivity index (χ1) is 12.1. The van der Waals surface area contributed by atoms with E-state index < -0.39 is 0 Å². The Kier molecular flexibility index (Phi) is 5.30. The van der Waals surface area contributed by atoms with Gasteiger partial charge in [0.05, 0.1) is 7.11 Å². The molecule has 2 aromatic carbocycles. The van der Waals surface area contributed by atoms with E-state index in [4.69, 9.17) is 4.74 Å². The van der Waals surface area contributed by atoms with Gasteiger partial charge in [-0.05, 0) is 42.5 Å². The summed E-state index contributed by atoms with van der Waals surface area (Å²) in [6.45, 7) is 0. The van der Waals surface area contributed by atoms with Crippen molar-refractivity contribution >= 4 is 39.0 Å². The smallest absolute Gasteiger partial charge is 0.255 e. The summed E-state index contributed by atoms with van der Waals surface area (Å²) in [6, 6.07) is 18.3. The van der Waals surface area contributed by atoms with Gasteiger partial charge < -0.3 is 15.4 Å². The molecule has 1 amide bonds. The Bertz CT molecular complexity index is 899. The minimum atomic E-state index is -0.200. The van der Waals surface area contributed by atoms with Crippen LogP contribution in [0.25, 0.3) is 0 Å². The summed E-state index contributed by atoms with van der Waals surface area (Å²) >= 11 is 3.39. The van der Waals surface area contributed by atoms with E-state index in [0.717, 1.165) is 21.6 Å². The van der Waals surface area contributed by atoms with Gasteiger partial charge in [-0.15, -0.1) is 0 Å². The van der Waals surface area contributed by atoms with E-state index >= 15 is 0 Å². The van der Waals surface area contributed by atoms with E-state index in [2.05, 4.69) is 31.5 Å². The molecule has 0 aliphatic rings. The predicted molar refractivity (Wildman–Crippen MR) is 103 cm³/mol. The molecule has 0 bridgehead atoms. The van der Waals surface area contributed by atoms with Crippen LogP contribution in [-0.2, 0) is 0 Å². The molecule has 5 nitrogen and oxygen atoms in total. The number of rotatable bonds is 5. The second-order valence-corrected chi connectivity index (χ2v) is 6.17. The maximum atomic E-state index is 12.4. The summed E-state index contributed by atoms with van der Waals surface area (Å²) in [7, 11) is 1.62. The molecular weight excluding hydrogens is 382 g/mol. The van der Waals surface area contributed by atoms with Crippen LogP contribution in [0.2, 0.25) is 0 Å². The van der Waals surface area contributed by atoms with Crippen LogP contribution in [0.3, 0.4) is 0 Å². The second-order valence-electron chi connectivity index (χ2n) is 5.25. The SMILES string of the molecule is COc1cccc(Nc2cc(C(=O)Nc3cccc(Br)c3)ccn2)c1. The minimum absolute atomic E-state index is 0.200. The van der Waals surface area contributed by atoms with E-state index in [1.54, 1.807) is 25.4 Å². The van der Waals surface area contributed by atoms with Gasteiger partial charge in [0.15, 0.2) is 0 Å². The molecule has 3 rings (SSSR count). The number of benzene rings is 2. The summed E-state index contributed by atoms with van der Waals surface area (Å²) in [5.41, 5.74) is 2.07. The highest BCUT2D eigenvalue weighted by atomic mass is 79.9. The summed E-state index contributed by atoms with van der Waals surface area (Å²) in [4.78, 5) is 16.7. The number of hydrogen-bond acceptors (Lipinski definition) is 4. The zero-order chi connectivity index (χ0) is 17.6. The highest BCUT2D eigenvalue weighted by Crippen LogP contribution is 2.21. The Labute approximate surface area is 154 Å². The number of methoxy groups -OCH3 is 1. The number of nitrogens with zero attached hydrogens (tertiary/aromatic N) is 1. The average molecular weight is 398 g/mol. The van der Waals surface area contributed by atoms with Crippen LogP contribution in [0, 0.1) is 0 Å². The van der Waals surface area contributed by atoms with Gasteiger partial charge >= 0.3 is 0 Å². The van der Waals surface area contributed by atoms with Crippen LogP contribution in [0.4, 0.5) is 17.2 Å². The van der Waals surface area contributed by atoms with Gasteiger partial charge in [-0.25, -0.2) is 4.98 Å². The lowest BCUT2D eigenvalue weighted by molar-refractivity contribution is 0.102. The van der Waals surface area contributed by atoms with Gasteiger partial charge in [-0.2, -0.15) is 0 Å². The molecule has 1 aromatic heterocycles. The van der Waals surface area contributed by atoms with Gasteiger partial charge in [0.25, 0.3) is 5.91 Å². The highest BCUT2D eigenvalue weighted by molar-refractivity contribution is 9.10. The van der Waals surface area contributed by atoms with E-state index in [0.29, 0.717) is 11.4 Å². The summed E-state index contributed by atoms with van der Waals surface area (Å²) in [5, 5.41) is 6.03. The molecule has 126 valence electrons. The molecule has 0 fully saturated rings. The van der Waals surface area contributed by atoms with E-state index in [1.807, 2.05) is 48.5 Å². The van der Waals surface area contributed by atoms with Crippen LogP contribution in [0.5, 0.6) is 5.75 Å². The normalized spacial score (nSPS) is 10.2. The van der Waals surface area contributed by atoms with Crippen molar-refractivity contribution in [2.75, 3.05) is 17.7 Å². The first-order valence-corrected chi connectivity index (χ1v) is 8.37. The first-order valence-electron chi connectivity index (χ1n) is 7.58. The maximum Gasteiger partial charge on any atom is 0.255 e. The van der Waals surface area contributed by atoms with Crippen LogP contribution < -0.4 is 15.4 Å². The van der Waals surface area contributed by atoms with Crippen molar-refractivity contribution in [1.29, 1.82) is 0 Å². The van der Waals surface area contributed by atoms with Crippen molar-refractivity contribution in [1.82, 2.24) is 4.98 Å². The van der Waals surface area contributed by atoms with Crippen LogP contribution in [0.1, 0.15) is 10.4 Å². The van der Waals surface area contributed by atoms with Gasteiger partial charge in [0, 0.05) is 33.7 Å². The summed E-state index contributed by atoms with van der Waals surface area (Å²) in [6.07, 6.45) is 1.60. The molecule has 0 radical (unpaired) electrons. The number of anilines is 3. The lowest BCUT2D eigenvalue weighted by Gasteiger charge is -2.09. The van der Waals surface area contributed by atoms with Gasteiger partial charge in [-0.1, -0.05) is 28.1 Å². The summed E-state index contributed by atoms with van der Waals surface area (Å²) in [5.74, 6) is 1.12. The molecule has 6 heteroatoms. The van der Waals surface area contributed by atoms with Gasteiger partial charge in [0.1, 0.15) is 11.6 Å². The first kappa shape index (κ1) is 17.0. The fourth-order valence-electron chi connectivity index (χ4n) is 2.26. The number of hydrogen-bond donors (Lipinski definition) is 2. The van der Waals surface area contributed by atoms with Crippen molar-refractivity contribution in [2.24, 2.45) is 0 Å². The van der Waals surface area contributed by atoms with Crippen molar-refractivity contribution in [3.63, 3.8) is 0 Å². The monoisotopic (exact) mass is 397 g/mol. The third kappa shape index (κ3) is 4.58. The molecular formula is C19H16BrN3O2. The maximum absolute atomic E-state index is 12.4. The van der Waals surface area contributed by atoms with Crippen molar-refractivity contribution in [3.8, 4) is 5.75 Å². The molecule has 0 atom stereocenters. The molecule has 0 unspecified atom stereocenters. The standard InChI is InChI=1S/C19H16BrN3O2/c1-25-17-7-3-6-16(12-17)22-18-10-13(8-9-21-18)19(24)23-15-5-2-4-14(20)11-15/h2-12H,1H3,(H,21,22)(H,23,24). The van der Waals surface area contributed by atoms with Crippen molar-refractivity contribution in [2.45, 2.75) is 0 Å². The molecule has 0 aliphatic heterocycles. The Morgan fingerprint density at radius 3 is 2.64 bits per heavy atom. The van der Waals surface area contributed by atoms with Gasteiger partial charge in [0.2, 0.25) is 0 Å². The Hall–Kier alpha value is -2.86. The number of amides is 1. The molecule has 0 spiro atoms. The number of halogens is 1.